The number of nitrogens with two attached hydrogens (primary N) is 1. The third kappa shape index (κ3) is 6.24. The molecule has 2 aromatic rings. The first-order chi connectivity index (χ1) is 11.3. The lowest BCUT2D eigenvalue weighted by Crippen LogP contribution is -2.26. The highest BCUT2D eigenvalue weighted by Gasteiger charge is 2.18. The molecule has 0 saturated carbocycles. The van der Waals surface area contributed by atoms with Crippen LogP contribution in [0, 0.1) is 0 Å². The van der Waals surface area contributed by atoms with Gasteiger partial charge in [0, 0.05) is 5.56 Å². The fraction of sp³-hybridized carbons (Fsp3) is 0.188. The van der Waals surface area contributed by atoms with Crippen molar-refractivity contribution in [3.63, 3.8) is 0 Å². The van der Waals surface area contributed by atoms with Crippen molar-refractivity contribution in [1.82, 2.24) is 0 Å². The van der Waals surface area contributed by atoms with E-state index in [1.54, 1.807) is 30.5 Å². The fourth-order valence-electron chi connectivity index (χ4n) is 1.93. The summed E-state index contributed by atoms with van der Waals surface area (Å²) in [6, 6.07) is 13.4. The predicted octanol–water partition coefficient (Wildman–Crippen LogP) is 3.10. The number of hydrogen-bond acceptors (Lipinski definition) is 6. The number of hydrogen-bond donors (Lipinski definition) is 2. The molecule has 0 spiro atoms. The molecular formula is C16H19ClN2O4S2. The maximum Gasteiger partial charge on any atom is 0.229 e. The van der Waals surface area contributed by atoms with Crippen molar-refractivity contribution in [3.05, 3.63) is 54.1 Å². The van der Waals surface area contributed by atoms with Gasteiger partial charge in [0.1, 0.15) is 11.1 Å². The molecule has 0 heterocycles. The highest BCUT2D eigenvalue weighted by molar-refractivity contribution is 7.99. The van der Waals surface area contributed by atoms with Crippen LogP contribution in [0.5, 0.6) is 11.5 Å². The number of thioether (sulfide) groups is 1. The van der Waals surface area contributed by atoms with Crippen LogP contribution in [0.4, 0.5) is 5.69 Å². The number of nitrogens with one attached hydrogen (secondary N) is 1. The van der Waals surface area contributed by atoms with E-state index in [1.165, 1.54) is 30.0 Å². The Kier molecular flexibility index (Phi) is 7.75. The summed E-state index contributed by atoms with van der Waals surface area (Å²) >= 11 is 1.23. The van der Waals surface area contributed by atoms with Gasteiger partial charge in [-0.25, -0.2) is 8.42 Å². The van der Waals surface area contributed by atoms with Crippen molar-refractivity contribution in [2.24, 2.45) is 5.73 Å². The molecule has 0 aliphatic rings. The van der Waals surface area contributed by atoms with Gasteiger partial charge in [-0.3, -0.25) is 9.52 Å². The Labute approximate surface area is 157 Å². The van der Waals surface area contributed by atoms with Gasteiger partial charge in [-0.05, 0) is 36.6 Å². The zero-order chi connectivity index (χ0) is 17.7. The Morgan fingerprint density at radius 3 is 2.40 bits per heavy atom. The Morgan fingerprint density at radius 2 is 1.84 bits per heavy atom. The number of carbonyl (C=O) groups excluding carboxylic acids is 1. The molecule has 0 fully saturated rings. The average molecular weight is 403 g/mol. The minimum absolute atomic E-state index is 0. The Balaban J connectivity index is 0.00000312. The number of anilines is 1. The second-order valence-corrected chi connectivity index (χ2v) is 7.75. The first kappa shape index (κ1) is 21.3. The van der Waals surface area contributed by atoms with Crippen LogP contribution in [0.2, 0.25) is 0 Å². The molecule has 9 heteroatoms. The number of Topliss-reactive ketones (excluding diaryl/α,β-unsaturated/α-hetero) is 1. The number of para-hydroxylation sites is 1. The van der Waals surface area contributed by atoms with E-state index in [1.807, 2.05) is 6.07 Å². The van der Waals surface area contributed by atoms with Gasteiger partial charge in [0.15, 0.2) is 11.5 Å². The lowest BCUT2D eigenvalue weighted by molar-refractivity contribution is 0.0990. The van der Waals surface area contributed by atoms with Crippen molar-refractivity contribution >= 4 is 45.7 Å². The molecular weight excluding hydrogens is 384 g/mol. The minimum atomic E-state index is -3.49. The quantitative estimate of drug-likeness (QED) is 0.545. The van der Waals surface area contributed by atoms with E-state index in [-0.39, 0.29) is 29.6 Å². The van der Waals surface area contributed by atoms with Crippen LogP contribution in [0.25, 0.3) is 0 Å². The average Bonchev–Trinajstić information content (AvgIpc) is 2.54. The number of ketones is 1. The molecule has 0 amide bonds. The van der Waals surface area contributed by atoms with Gasteiger partial charge >= 0.3 is 0 Å². The summed E-state index contributed by atoms with van der Waals surface area (Å²) < 4.78 is 31.2. The van der Waals surface area contributed by atoms with Crippen LogP contribution in [0.15, 0.2) is 48.5 Å². The fourth-order valence-corrected chi connectivity index (χ4v) is 2.85. The zero-order valence-electron chi connectivity index (χ0n) is 13.6. The zero-order valence-corrected chi connectivity index (χ0v) is 16.1. The summed E-state index contributed by atoms with van der Waals surface area (Å²) in [5.41, 5.74) is 6.35. The smallest absolute Gasteiger partial charge is 0.229 e. The third-order valence-electron chi connectivity index (χ3n) is 3.04. The van der Waals surface area contributed by atoms with Gasteiger partial charge < -0.3 is 10.5 Å². The monoisotopic (exact) mass is 402 g/mol. The van der Waals surface area contributed by atoms with Gasteiger partial charge in [-0.1, -0.05) is 18.2 Å². The largest absolute Gasteiger partial charge is 0.455 e. The molecule has 0 aliphatic heterocycles. The van der Waals surface area contributed by atoms with Gasteiger partial charge in [0.25, 0.3) is 0 Å². The van der Waals surface area contributed by atoms with Crippen LogP contribution >= 0.6 is 24.2 Å². The first-order valence-electron chi connectivity index (χ1n) is 6.97. The molecule has 2 rings (SSSR count). The van der Waals surface area contributed by atoms with Crippen LogP contribution in [0.3, 0.4) is 0 Å². The molecule has 25 heavy (non-hydrogen) atoms. The molecule has 0 radical (unpaired) electrons. The van der Waals surface area contributed by atoms with Gasteiger partial charge in [0.05, 0.1) is 11.9 Å². The van der Waals surface area contributed by atoms with Crippen molar-refractivity contribution in [3.8, 4) is 11.5 Å². The lowest BCUT2D eigenvalue weighted by atomic mass is 10.1. The summed E-state index contributed by atoms with van der Waals surface area (Å²) in [6.07, 6.45) is 2.78. The summed E-state index contributed by atoms with van der Waals surface area (Å²) in [5.74, 6) is 0.491. The predicted molar refractivity (Wildman–Crippen MR) is 104 cm³/mol. The van der Waals surface area contributed by atoms with Crippen LogP contribution < -0.4 is 15.2 Å². The van der Waals surface area contributed by atoms with E-state index in [0.717, 1.165) is 6.26 Å². The van der Waals surface area contributed by atoms with Gasteiger partial charge in [0.2, 0.25) is 10.0 Å². The van der Waals surface area contributed by atoms with Crippen molar-refractivity contribution < 1.29 is 17.9 Å². The standard InChI is InChI=1S/C16H18N2O4S2.ClH/c1-23-16(17)15(19)11-8-9-13(18-24(2,20)21)14(10-11)22-12-6-4-3-5-7-12;/h3-10,16,18H,17H2,1-2H3;1H. The van der Waals surface area contributed by atoms with E-state index in [4.69, 9.17) is 10.5 Å². The van der Waals surface area contributed by atoms with Crippen molar-refractivity contribution in [1.29, 1.82) is 0 Å². The topological polar surface area (TPSA) is 98.5 Å². The number of carbonyl (C=O) groups is 1. The molecule has 136 valence electrons. The summed E-state index contributed by atoms with van der Waals surface area (Å²) in [7, 11) is -3.49. The molecule has 0 aromatic heterocycles. The molecule has 0 saturated heterocycles. The molecule has 3 N–H and O–H groups in total. The first-order valence-corrected chi connectivity index (χ1v) is 10.2. The lowest BCUT2D eigenvalue weighted by Gasteiger charge is -2.14. The maximum absolute atomic E-state index is 12.2. The second-order valence-electron chi connectivity index (χ2n) is 5.02. The highest BCUT2D eigenvalue weighted by atomic mass is 35.5. The number of rotatable bonds is 7. The van der Waals surface area contributed by atoms with Gasteiger partial charge in [-0.2, -0.15) is 0 Å². The van der Waals surface area contributed by atoms with Crippen LogP contribution in [-0.2, 0) is 10.0 Å². The van der Waals surface area contributed by atoms with E-state index < -0.39 is 15.4 Å². The normalized spacial score (nSPS) is 12.0. The van der Waals surface area contributed by atoms with Crippen LogP contribution in [-0.4, -0.2) is 32.1 Å². The Bertz CT molecular complexity index is 829. The second kappa shape index (κ2) is 9.10. The van der Waals surface area contributed by atoms with E-state index in [9.17, 15) is 13.2 Å². The van der Waals surface area contributed by atoms with Crippen molar-refractivity contribution in [2.45, 2.75) is 5.37 Å². The van der Waals surface area contributed by atoms with E-state index in [2.05, 4.69) is 4.72 Å². The minimum Gasteiger partial charge on any atom is -0.455 e. The molecule has 0 aliphatic carbocycles. The molecule has 2 aromatic carbocycles. The number of halogens is 1. The van der Waals surface area contributed by atoms with Crippen LogP contribution in [0.1, 0.15) is 10.4 Å². The third-order valence-corrected chi connectivity index (χ3v) is 4.36. The number of ether oxygens (including phenoxy) is 1. The van der Waals surface area contributed by atoms with Gasteiger partial charge in [-0.15, -0.1) is 24.2 Å². The highest BCUT2D eigenvalue weighted by Crippen LogP contribution is 2.32. The van der Waals surface area contributed by atoms with E-state index >= 15 is 0 Å². The SMILES string of the molecule is CSC(N)C(=O)c1ccc(NS(C)(=O)=O)c(Oc2ccccc2)c1.Cl. The molecule has 1 unspecified atom stereocenters. The number of benzene rings is 2. The molecule has 0 bridgehead atoms. The van der Waals surface area contributed by atoms with E-state index in [0.29, 0.717) is 11.3 Å². The maximum atomic E-state index is 12.2. The summed E-state index contributed by atoms with van der Waals surface area (Å²) in [5, 5.41) is -0.691. The Morgan fingerprint density at radius 1 is 1.20 bits per heavy atom. The summed E-state index contributed by atoms with van der Waals surface area (Å²) in [4.78, 5) is 12.2. The van der Waals surface area contributed by atoms with Crippen molar-refractivity contribution in [2.75, 3.05) is 17.2 Å². The molecule has 1 atom stereocenters. The number of sulfonamides is 1. The summed E-state index contributed by atoms with van der Waals surface area (Å²) in [6.45, 7) is 0. The Hall–Kier alpha value is -1.74. The molecule has 6 nitrogen and oxygen atoms in total.